The monoisotopic (exact) mass is 317 g/mol. The molecule has 0 bridgehead atoms. The van der Waals surface area contributed by atoms with Crippen molar-refractivity contribution >= 4 is 11.9 Å². The Kier molecular flexibility index (Phi) is 4.58. The van der Waals surface area contributed by atoms with E-state index in [0.29, 0.717) is 31.7 Å². The summed E-state index contributed by atoms with van der Waals surface area (Å²) in [7, 11) is 0. The Hall–Kier alpha value is -2.25. The molecule has 0 aromatic heterocycles. The van der Waals surface area contributed by atoms with Crippen LogP contribution in [0.3, 0.4) is 0 Å². The lowest BCUT2D eigenvalue weighted by atomic mass is 9.86. The molecule has 8 heteroatoms. The summed E-state index contributed by atoms with van der Waals surface area (Å²) in [5.74, 6) is -8.71. The molecule has 1 aromatic rings. The zero-order valence-electron chi connectivity index (χ0n) is 11.4. The van der Waals surface area contributed by atoms with E-state index >= 15 is 0 Å². The molecule has 0 heterocycles. The summed E-state index contributed by atoms with van der Waals surface area (Å²) in [6.45, 7) is 0. The molecule has 22 heavy (non-hydrogen) atoms. The maximum atomic E-state index is 13.6. The minimum absolute atomic E-state index is 0.367. The number of aromatic hydroxyl groups is 1. The van der Waals surface area contributed by atoms with Crippen molar-refractivity contribution < 1.29 is 33.0 Å². The maximum absolute atomic E-state index is 13.6. The van der Waals surface area contributed by atoms with Crippen molar-refractivity contribution in [3.05, 3.63) is 29.1 Å². The highest BCUT2D eigenvalue weighted by atomic mass is 19.2. The van der Waals surface area contributed by atoms with Crippen LogP contribution in [0, 0.1) is 23.4 Å². The Labute approximate surface area is 123 Å². The number of benzene rings is 1. The van der Waals surface area contributed by atoms with Gasteiger partial charge in [-0.2, -0.15) is 4.39 Å². The molecule has 0 unspecified atom stereocenters. The van der Waals surface area contributed by atoms with Gasteiger partial charge < -0.3 is 15.5 Å². The third kappa shape index (κ3) is 3.15. The van der Waals surface area contributed by atoms with E-state index < -0.39 is 46.6 Å². The number of amides is 1. The largest absolute Gasteiger partial charge is 0.503 e. The molecule has 0 spiro atoms. The Morgan fingerprint density at radius 3 is 2.23 bits per heavy atom. The number of halogens is 3. The third-order valence-corrected chi connectivity index (χ3v) is 3.79. The normalized spacial score (nSPS) is 21.4. The lowest BCUT2D eigenvalue weighted by molar-refractivity contribution is -0.142. The summed E-state index contributed by atoms with van der Waals surface area (Å²) in [4.78, 5) is 22.7. The van der Waals surface area contributed by atoms with Crippen LogP contribution in [0.5, 0.6) is 5.75 Å². The molecule has 1 aromatic carbocycles. The fourth-order valence-electron chi connectivity index (χ4n) is 2.50. The SMILES string of the molecule is O=C(NC1CCC(C(=O)O)CC1)c1cc(F)c(F)c(O)c1F. The van der Waals surface area contributed by atoms with Gasteiger partial charge in [-0.15, -0.1) is 0 Å². The molecule has 1 aliphatic carbocycles. The van der Waals surface area contributed by atoms with Crippen molar-refractivity contribution in [2.45, 2.75) is 31.7 Å². The standard InChI is InChI=1S/C14H14F3NO4/c15-9-5-8(10(16)12(19)11(9)17)13(20)18-7-3-1-6(2-4-7)14(21)22/h5-7,19H,1-4H2,(H,18,20)(H,21,22). The van der Waals surface area contributed by atoms with E-state index in [-0.39, 0.29) is 6.04 Å². The van der Waals surface area contributed by atoms with Crippen LogP contribution in [-0.4, -0.2) is 28.1 Å². The molecule has 0 atom stereocenters. The average Bonchev–Trinajstić information content (AvgIpc) is 2.49. The molecule has 0 aliphatic heterocycles. The molecule has 0 saturated heterocycles. The highest BCUT2D eigenvalue weighted by Gasteiger charge is 2.28. The molecule has 0 radical (unpaired) electrons. The van der Waals surface area contributed by atoms with E-state index in [2.05, 4.69) is 5.32 Å². The number of carboxylic acids is 1. The maximum Gasteiger partial charge on any atom is 0.306 e. The molecule has 2 rings (SSSR count). The number of rotatable bonds is 3. The average molecular weight is 317 g/mol. The summed E-state index contributed by atoms with van der Waals surface area (Å²) in [6.07, 6.45) is 1.51. The van der Waals surface area contributed by atoms with Gasteiger partial charge in [0.25, 0.3) is 5.91 Å². The van der Waals surface area contributed by atoms with Crippen molar-refractivity contribution in [1.82, 2.24) is 5.32 Å². The fraction of sp³-hybridized carbons (Fsp3) is 0.429. The minimum Gasteiger partial charge on any atom is -0.503 e. The number of carbonyl (C=O) groups is 2. The van der Waals surface area contributed by atoms with Crippen LogP contribution in [0.1, 0.15) is 36.0 Å². The van der Waals surface area contributed by atoms with Gasteiger partial charge in [0.1, 0.15) is 0 Å². The van der Waals surface area contributed by atoms with Gasteiger partial charge in [-0.25, -0.2) is 8.78 Å². The first-order valence-electron chi connectivity index (χ1n) is 6.71. The number of hydrogen-bond donors (Lipinski definition) is 3. The van der Waals surface area contributed by atoms with Crippen molar-refractivity contribution in [2.24, 2.45) is 5.92 Å². The van der Waals surface area contributed by atoms with E-state index in [1.165, 1.54) is 0 Å². The second kappa shape index (κ2) is 6.25. The first kappa shape index (κ1) is 16.1. The van der Waals surface area contributed by atoms with Gasteiger partial charge >= 0.3 is 5.97 Å². The minimum atomic E-state index is -1.75. The first-order chi connectivity index (χ1) is 10.3. The van der Waals surface area contributed by atoms with Crippen LogP contribution >= 0.6 is 0 Å². The highest BCUT2D eigenvalue weighted by molar-refractivity contribution is 5.95. The predicted octanol–water partition coefficient (Wildman–Crippen LogP) is 2.18. The lowest BCUT2D eigenvalue weighted by Gasteiger charge is -2.26. The molecular formula is C14H14F3NO4. The van der Waals surface area contributed by atoms with Crippen LogP contribution in [0.25, 0.3) is 0 Å². The number of hydrogen-bond acceptors (Lipinski definition) is 3. The first-order valence-corrected chi connectivity index (χ1v) is 6.71. The Bertz CT molecular complexity index is 613. The second-order valence-corrected chi connectivity index (χ2v) is 5.24. The van der Waals surface area contributed by atoms with Gasteiger partial charge in [0.15, 0.2) is 17.4 Å². The number of nitrogens with one attached hydrogen (secondary N) is 1. The molecule has 1 amide bonds. The summed E-state index contributed by atoms with van der Waals surface area (Å²) in [5, 5.41) is 20.4. The fourth-order valence-corrected chi connectivity index (χ4v) is 2.50. The summed E-state index contributed by atoms with van der Waals surface area (Å²) in [5.41, 5.74) is -0.795. The predicted molar refractivity (Wildman–Crippen MR) is 68.8 cm³/mol. The van der Waals surface area contributed by atoms with E-state index in [1.54, 1.807) is 0 Å². The van der Waals surface area contributed by atoms with Gasteiger partial charge in [-0.3, -0.25) is 9.59 Å². The van der Waals surface area contributed by atoms with Crippen LogP contribution in [0.15, 0.2) is 6.07 Å². The molecule has 5 nitrogen and oxygen atoms in total. The number of phenolic OH excluding ortho intramolecular Hbond substituents is 1. The quantitative estimate of drug-likeness (QED) is 0.746. The zero-order chi connectivity index (χ0) is 16.4. The molecule has 1 fully saturated rings. The Balaban J connectivity index is 2.06. The molecule has 1 aliphatic rings. The van der Waals surface area contributed by atoms with E-state index in [1.807, 2.05) is 0 Å². The summed E-state index contributed by atoms with van der Waals surface area (Å²) >= 11 is 0. The van der Waals surface area contributed by atoms with Crippen LogP contribution < -0.4 is 5.32 Å². The third-order valence-electron chi connectivity index (χ3n) is 3.79. The Morgan fingerprint density at radius 1 is 1.09 bits per heavy atom. The van der Waals surface area contributed by atoms with E-state index in [4.69, 9.17) is 10.2 Å². The van der Waals surface area contributed by atoms with Gasteiger partial charge in [0.2, 0.25) is 5.82 Å². The van der Waals surface area contributed by atoms with Crippen LogP contribution in [-0.2, 0) is 4.79 Å². The van der Waals surface area contributed by atoms with Crippen molar-refractivity contribution in [1.29, 1.82) is 0 Å². The lowest BCUT2D eigenvalue weighted by Crippen LogP contribution is -2.39. The van der Waals surface area contributed by atoms with E-state index in [0.717, 1.165) is 0 Å². The van der Waals surface area contributed by atoms with Crippen LogP contribution in [0.4, 0.5) is 13.2 Å². The molecule has 120 valence electrons. The molecular weight excluding hydrogens is 303 g/mol. The molecule has 1 saturated carbocycles. The van der Waals surface area contributed by atoms with Crippen molar-refractivity contribution in [3.8, 4) is 5.75 Å². The highest BCUT2D eigenvalue weighted by Crippen LogP contribution is 2.27. The van der Waals surface area contributed by atoms with Gasteiger partial charge in [0, 0.05) is 6.04 Å². The number of phenols is 1. The number of aliphatic carboxylic acids is 1. The van der Waals surface area contributed by atoms with Gasteiger partial charge in [-0.05, 0) is 31.7 Å². The van der Waals surface area contributed by atoms with Crippen molar-refractivity contribution in [3.63, 3.8) is 0 Å². The number of carboxylic acid groups (broad SMARTS) is 1. The van der Waals surface area contributed by atoms with E-state index in [9.17, 15) is 22.8 Å². The van der Waals surface area contributed by atoms with Gasteiger partial charge in [-0.1, -0.05) is 0 Å². The van der Waals surface area contributed by atoms with Crippen LogP contribution in [0.2, 0.25) is 0 Å². The van der Waals surface area contributed by atoms with Crippen molar-refractivity contribution in [2.75, 3.05) is 0 Å². The summed E-state index contributed by atoms with van der Waals surface area (Å²) < 4.78 is 39.7. The zero-order valence-corrected chi connectivity index (χ0v) is 11.4. The smallest absolute Gasteiger partial charge is 0.306 e. The number of carbonyl (C=O) groups excluding carboxylic acids is 1. The van der Waals surface area contributed by atoms with Gasteiger partial charge in [0.05, 0.1) is 11.5 Å². The Morgan fingerprint density at radius 2 is 1.68 bits per heavy atom. The second-order valence-electron chi connectivity index (χ2n) is 5.24. The summed E-state index contributed by atoms with van der Waals surface area (Å²) in [6, 6.07) is 0.000502. The topological polar surface area (TPSA) is 86.6 Å². The molecule has 3 N–H and O–H groups in total.